The molecule has 5 aromatic carbocycles. The van der Waals surface area contributed by atoms with Crippen LogP contribution in [0.15, 0.2) is 133 Å². The second-order valence-electron chi connectivity index (χ2n) is 10.3. The molecule has 0 atom stereocenters. The van der Waals surface area contributed by atoms with Crippen molar-refractivity contribution in [1.29, 1.82) is 0 Å². The van der Waals surface area contributed by atoms with E-state index < -0.39 is 0 Å². The van der Waals surface area contributed by atoms with E-state index in [1.807, 2.05) is 12.1 Å². The Labute approximate surface area is 229 Å². The van der Waals surface area contributed by atoms with Crippen molar-refractivity contribution in [2.24, 2.45) is 0 Å². The molecule has 4 heterocycles. The van der Waals surface area contributed by atoms with Gasteiger partial charge in [0.2, 0.25) is 5.95 Å². The van der Waals surface area contributed by atoms with Crippen LogP contribution in [0.2, 0.25) is 0 Å². The summed E-state index contributed by atoms with van der Waals surface area (Å²) in [7, 11) is 0. The van der Waals surface area contributed by atoms with Crippen LogP contribution in [-0.2, 0) is 0 Å². The average molecular weight is 511 g/mol. The van der Waals surface area contributed by atoms with Crippen molar-refractivity contribution in [3.8, 4) is 17.2 Å². The van der Waals surface area contributed by atoms with Gasteiger partial charge in [0.15, 0.2) is 0 Å². The van der Waals surface area contributed by atoms with Crippen molar-refractivity contribution < 1.29 is 0 Å². The lowest BCUT2D eigenvalue weighted by Crippen LogP contribution is -2.05. The number of aromatic nitrogens is 4. The molecule has 186 valence electrons. The van der Waals surface area contributed by atoms with Crippen LogP contribution < -0.4 is 0 Å². The van der Waals surface area contributed by atoms with Crippen LogP contribution in [0.3, 0.4) is 0 Å². The summed E-state index contributed by atoms with van der Waals surface area (Å²) in [6.07, 6.45) is 0. The largest absolute Gasteiger partial charge is 0.294 e. The van der Waals surface area contributed by atoms with E-state index in [2.05, 4.69) is 130 Å². The van der Waals surface area contributed by atoms with Gasteiger partial charge in [-0.1, -0.05) is 109 Å². The van der Waals surface area contributed by atoms with Gasteiger partial charge in [-0.3, -0.25) is 8.97 Å². The molecule has 0 N–H and O–H groups in total. The van der Waals surface area contributed by atoms with Crippen molar-refractivity contribution in [3.05, 3.63) is 133 Å². The normalized spacial score (nSPS) is 12.0. The van der Waals surface area contributed by atoms with Crippen molar-refractivity contribution in [2.75, 3.05) is 0 Å². The molecule has 4 heteroatoms. The fraction of sp³-hybridized carbons (Fsp3) is 0. The second kappa shape index (κ2) is 8.01. The maximum Gasteiger partial charge on any atom is 0.236 e. The zero-order valence-corrected chi connectivity index (χ0v) is 21.5. The molecule has 0 aliphatic heterocycles. The van der Waals surface area contributed by atoms with Gasteiger partial charge in [-0.25, -0.2) is 9.97 Å². The number of hydrogen-bond donors (Lipinski definition) is 0. The lowest BCUT2D eigenvalue weighted by atomic mass is 10.0. The van der Waals surface area contributed by atoms with Gasteiger partial charge in [0.05, 0.1) is 27.8 Å². The molecule has 4 nitrogen and oxygen atoms in total. The summed E-state index contributed by atoms with van der Waals surface area (Å²) < 4.78 is 4.64. The highest BCUT2D eigenvalue weighted by Gasteiger charge is 2.22. The van der Waals surface area contributed by atoms with Crippen molar-refractivity contribution in [3.63, 3.8) is 0 Å². The van der Waals surface area contributed by atoms with E-state index in [9.17, 15) is 0 Å². The maximum absolute atomic E-state index is 5.28. The maximum atomic E-state index is 5.28. The molecule has 9 rings (SSSR count). The summed E-state index contributed by atoms with van der Waals surface area (Å²) >= 11 is 0. The quantitative estimate of drug-likeness (QED) is 0.218. The second-order valence-corrected chi connectivity index (χ2v) is 10.3. The first-order valence-electron chi connectivity index (χ1n) is 13.5. The summed E-state index contributed by atoms with van der Waals surface area (Å²) in [6, 6.07) is 47.0. The highest BCUT2D eigenvalue weighted by molar-refractivity contribution is 6.19. The molecule has 0 saturated carbocycles. The fourth-order valence-corrected chi connectivity index (χ4v) is 6.39. The molecular weight excluding hydrogens is 488 g/mol. The van der Waals surface area contributed by atoms with Crippen LogP contribution in [0, 0.1) is 0 Å². The van der Waals surface area contributed by atoms with Gasteiger partial charge in [0.1, 0.15) is 5.65 Å². The minimum atomic E-state index is 0.668. The van der Waals surface area contributed by atoms with E-state index in [-0.39, 0.29) is 0 Å². The van der Waals surface area contributed by atoms with Gasteiger partial charge in [-0.15, -0.1) is 0 Å². The summed E-state index contributed by atoms with van der Waals surface area (Å²) in [6.45, 7) is 0. The molecule has 0 unspecified atom stereocenters. The molecule has 0 aliphatic carbocycles. The van der Waals surface area contributed by atoms with Crippen LogP contribution in [0.25, 0.3) is 77.2 Å². The molecule has 0 bridgehead atoms. The Morgan fingerprint density at radius 3 is 1.77 bits per heavy atom. The molecule has 40 heavy (non-hydrogen) atoms. The SMILES string of the molecule is c1ccc(-c2nc(-n3c4ccccc4c4cc5c6ccccc6c6ccccc6n5c43)nc3ccccc23)cc1. The minimum Gasteiger partial charge on any atom is -0.294 e. The van der Waals surface area contributed by atoms with Gasteiger partial charge in [0, 0.05) is 32.5 Å². The predicted octanol–water partition coefficient (Wildman–Crippen LogP) is 8.95. The molecule has 0 spiro atoms. The monoisotopic (exact) mass is 510 g/mol. The smallest absolute Gasteiger partial charge is 0.236 e. The van der Waals surface area contributed by atoms with Gasteiger partial charge in [0.25, 0.3) is 0 Å². The van der Waals surface area contributed by atoms with Gasteiger partial charge >= 0.3 is 0 Å². The third-order valence-electron chi connectivity index (χ3n) is 8.10. The number of rotatable bonds is 2. The number of pyridine rings is 1. The highest BCUT2D eigenvalue weighted by atomic mass is 15.2. The summed E-state index contributed by atoms with van der Waals surface area (Å²) in [5.74, 6) is 0.668. The van der Waals surface area contributed by atoms with Crippen LogP contribution in [-0.4, -0.2) is 18.9 Å². The molecule has 0 aliphatic rings. The van der Waals surface area contributed by atoms with Crippen LogP contribution in [0.5, 0.6) is 0 Å². The molecule has 9 aromatic rings. The molecular formula is C36H22N4. The lowest BCUT2D eigenvalue weighted by Gasteiger charge is -2.14. The molecule has 4 aromatic heterocycles. The van der Waals surface area contributed by atoms with Crippen molar-refractivity contribution in [2.45, 2.75) is 0 Å². The summed E-state index contributed by atoms with van der Waals surface area (Å²) in [4.78, 5) is 10.5. The Kier molecular flexibility index (Phi) is 4.30. The Morgan fingerprint density at radius 2 is 1.00 bits per heavy atom. The van der Waals surface area contributed by atoms with E-state index >= 15 is 0 Å². The van der Waals surface area contributed by atoms with E-state index in [0.29, 0.717) is 5.95 Å². The first kappa shape index (κ1) is 21.5. The van der Waals surface area contributed by atoms with Crippen molar-refractivity contribution >= 4 is 60.0 Å². The number of fused-ring (bicyclic) bond motifs is 11. The Bertz CT molecular complexity index is 2430. The third kappa shape index (κ3) is 2.85. The molecule has 0 saturated heterocycles. The number of benzene rings is 5. The van der Waals surface area contributed by atoms with Crippen LogP contribution in [0.1, 0.15) is 0 Å². The first-order valence-corrected chi connectivity index (χ1v) is 13.5. The zero-order chi connectivity index (χ0) is 26.2. The highest BCUT2D eigenvalue weighted by Crippen LogP contribution is 2.39. The Hall–Kier alpha value is -5.48. The standard InChI is InChI=1S/C36H22N4/c1-2-12-23(13-3-1)34-28-18-6-9-19-30(28)37-36(38-34)40-32-21-11-8-17-27(32)29-22-33-26-16-5-4-14-24(26)25-15-7-10-20-31(25)39(33)35(29)40/h1-22H. The lowest BCUT2D eigenvalue weighted by molar-refractivity contribution is 0.993. The molecule has 0 amide bonds. The Balaban J connectivity index is 1.52. The van der Waals surface area contributed by atoms with Crippen LogP contribution >= 0.6 is 0 Å². The average Bonchev–Trinajstić information content (AvgIpc) is 3.56. The zero-order valence-electron chi connectivity index (χ0n) is 21.5. The third-order valence-corrected chi connectivity index (χ3v) is 8.10. The number of para-hydroxylation sites is 3. The van der Waals surface area contributed by atoms with E-state index in [0.717, 1.165) is 33.3 Å². The van der Waals surface area contributed by atoms with Crippen LogP contribution in [0.4, 0.5) is 0 Å². The Morgan fingerprint density at radius 1 is 0.425 bits per heavy atom. The number of hydrogen-bond acceptors (Lipinski definition) is 2. The van der Waals surface area contributed by atoms with E-state index in [1.54, 1.807) is 0 Å². The van der Waals surface area contributed by atoms with Gasteiger partial charge in [-0.2, -0.15) is 0 Å². The summed E-state index contributed by atoms with van der Waals surface area (Å²) in [5, 5.41) is 7.14. The van der Waals surface area contributed by atoms with Crippen molar-refractivity contribution in [1.82, 2.24) is 18.9 Å². The predicted molar refractivity (Wildman–Crippen MR) is 165 cm³/mol. The van der Waals surface area contributed by atoms with Gasteiger partial charge in [-0.05, 0) is 29.7 Å². The molecule has 0 fully saturated rings. The minimum absolute atomic E-state index is 0.668. The summed E-state index contributed by atoms with van der Waals surface area (Å²) in [5.41, 5.74) is 7.45. The topological polar surface area (TPSA) is 35.1 Å². The fourth-order valence-electron chi connectivity index (χ4n) is 6.39. The molecule has 0 radical (unpaired) electrons. The van der Waals surface area contributed by atoms with E-state index in [1.165, 1.54) is 38.0 Å². The van der Waals surface area contributed by atoms with Gasteiger partial charge < -0.3 is 0 Å². The first-order chi connectivity index (χ1) is 19.9. The number of nitrogens with zero attached hydrogens (tertiary/aromatic N) is 4. The van der Waals surface area contributed by atoms with E-state index in [4.69, 9.17) is 9.97 Å².